The first kappa shape index (κ1) is 12.9. The molecule has 0 radical (unpaired) electrons. The van der Waals surface area contributed by atoms with Crippen LogP contribution in [0.2, 0.25) is 0 Å². The van der Waals surface area contributed by atoms with E-state index in [1.54, 1.807) is 0 Å². The number of benzene rings is 1. The van der Waals surface area contributed by atoms with Crippen LogP contribution >= 0.6 is 0 Å². The SMILES string of the molecule is CCc1cc(CC)n(-c2c(C)ccc3ncccc23)n1. The van der Waals surface area contributed by atoms with Crippen LogP contribution in [0, 0.1) is 6.92 Å². The normalized spacial score (nSPS) is 11.2. The maximum Gasteiger partial charge on any atom is 0.0772 e. The number of nitrogens with zero attached hydrogens (tertiary/aromatic N) is 3. The minimum Gasteiger partial charge on any atom is -0.256 e. The summed E-state index contributed by atoms with van der Waals surface area (Å²) in [6, 6.07) is 10.5. The van der Waals surface area contributed by atoms with Crippen LogP contribution in [0.1, 0.15) is 30.8 Å². The number of aromatic nitrogens is 3. The number of pyridine rings is 1. The van der Waals surface area contributed by atoms with Gasteiger partial charge in [-0.15, -0.1) is 0 Å². The van der Waals surface area contributed by atoms with Crippen molar-refractivity contribution in [2.75, 3.05) is 0 Å². The second-order valence-electron chi connectivity index (χ2n) is 5.05. The smallest absolute Gasteiger partial charge is 0.0772 e. The third-order valence-corrected chi connectivity index (χ3v) is 3.73. The predicted octanol–water partition coefficient (Wildman–Crippen LogP) is 3.85. The molecule has 3 aromatic rings. The molecule has 102 valence electrons. The highest BCUT2D eigenvalue weighted by molar-refractivity contribution is 5.88. The summed E-state index contributed by atoms with van der Waals surface area (Å²) in [5.74, 6) is 0. The zero-order chi connectivity index (χ0) is 14.1. The van der Waals surface area contributed by atoms with E-state index in [1.165, 1.54) is 11.3 Å². The summed E-state index contributed by atoms with van der Waals surface area (Å²) >= 11 is 0. The van der Waals surface area contributed by atoms with Gasteiger partial charge in [-0.25, -0.2) is 4.68 Å². The van der Waals surface area contributed by atoms with Gasteiger partial charge in [0.05, 0.1) is 16.9 Å². The van der Waals surface area contributed by atoms with Crippen molar-refractivity contribution in [3.05, 3.63) is 53.5 Å². The van der Waals surface area contributed by atoms with E-state index in [-0.39, 0.29) is 0 Å². The van der Waals surface area contributed by atoms with Crippen LogP contribution in [-0.4, -0.2) is 14.8 Å². The van der Waals surface area contributed by atoms with Crippen LogP contribution in [0.15, 0.2) is 36.5 Å². The van der Waals surface area contributed by atoms with E-state index in [0.717, 1.165) is 35.1 Å². The molecule has 0 unspecified atom stereocenters. The largest absolute Gasteiger partial charge is 0.256 e. The van der Waals surface area contributed by atoms with Crippen molar-refractivity contribution < 1.29 is 0 Å². The molecule has 0 saturated carbocycles. The van der Waals surface area contributed by atoms with Gasteiger partial charge in [-0.1, -0.05) is 19.9 Å². The van der Waals surface area contributed by atoms with Gasteiger partial charge in [0.2, 0.25) is 0 Å². The monoisotopic (exact) mass is 265 g/mol. The van der Waals surface area contributed by atoms with Crippen molar-refractivity contribution in [3.63, 3.8) is 0 Å². The average molecular weight is 265 g/mol. The topological polar surface area (TPSA) is 30.7 Å². The first-order valence-corrected chi connectivity index (χ1v) is 7.17. The van der Waals surface area contributed by atoms with Gasteiger partial charge in [0.15, 0.2) is 0 Å². The van der Waals surface area contributed by atoms with E-state index >= 15 is 0 Å². The molecule has 3 heteroatoms. The van der Waals surface area contributed by atoms with Gasteiger partial charge in [-0.3, -0.25) is 4.98 Å². The molecule has 0 aliphatic heterocycles. The molecular formula is C17H19N3. The molecule has 0 aliphatic carbocycles. The molecule has 20 heavy (non-hydrogen) atoms. The number of hydrogen-bond donors (Lipinski definition) is 0. The Balaban J connectivity index is 2.33. The van der Waals surface area contributed by atoms with Gasteiger partial charge in [0, 0.05) is 17.3 Å². The van der Waals surface area contributed by atoms with E-state index in [2.05, 4.69) is 54.7 Å². The number of fused-ring (bicyclic) bond motifs is 1. The molecule has 0 atom stereocenters. The molecule has 0 bridgehead atoms. The maximum absolute atomic E-state index is 4.77. The first-order valence-electron chi connectivity index (χ1n) is 7.17. The summed E-state index contributed by atoms with van der Waals surface area (Å²) in [4.78, 5) is 4.45. The molecule has 2 heterocycles. The van der Waals surface area contributed by atoms with Gasteiger partial charge < -0.3 is 0 Å². The van der Waals surface area contributed by atoms with Crippen molar-refractivity contribution >= 4 is 10.9 Å². The Morgan fingerprint density at radius 2 is 1.95 bits per heavy atom. The van der Waals surface area contributed by atoms with Gasteiger partial charge in [0.1, 0.15) is 0 Å². The molecule has 1 aromatic carbocycles. The van der Waals surface area contributed by atoms with Crippen LogP contribution < -0.4 is 0 Å². The highest BCUT2D eigenvalue weighted by Gasteiger charge is 2.13. The number of rotatable bonds is 3. The van der Waals surface area contributed by atoms with Gasteiger partial charge in [-0.05, 0) is 49.6 Å². The zero-order valence-electron chi connectivity index (χ0n) is 12.2. The van der Waals surface area contributed by atoms with Gasteiger partial charge >= 0.3 is 0 Å². The summed E-state index contributed by atoms with van der Waals surface area (Å²) in [6.45, 7) is 6.45. The number of hydrogen-bond acceptors (Lipinski definition) is 2. The third kappa shape index (κ3) is 1.99. The lowest BCUT2D eigenvalue weighted by Gasteiger charge is -2.12. The summed E-state index contributed by atoms with van der Waals surface area (Å²) in [6.07, 6.45) is 3.77. The molecule has 2 aromatic heterocycles. The van der Waals surface area contributed by atoms with Crippen LogP contribution in [0.25, 0.3) is 16.6 Å². The summed E-state index contributed by atoms with van der Waals surface area (Å²) in [5.41, 5.74) is 5.80. The average Bonchev–Trinajstić information content (AvgIpc) is 2.90. The Morgan fingerprint density at radius 1 is 1.10 bits per heavy atom. The van der Waals surface area contributed by atoms with E-state index in [9.17, 15) is 0 Å². The predicted molar refractivity (Wildman–Crippen MR) is 82.4 cm³/mol. The van der Waals surface area contributed by atoms with E-state index < -0.39 is 0 Å². The van der Waals surface area contributed by atoms with Crippen molar-refractivity contribution in [3.8, 4) is 5.69 Å². The molecule has 0 amide bonds. The van der Waals surface area contributed by atoms with E-state index in [4.69, 9.17) is 5.10 Å². The van der Waals surface area contributed by atoms with Crippen molar-refractivity contribution in [1.29, 1.82) is 0 Å². The maximum atomic E-state index is 4.77. The Labute approximate surface area is 119 Å². The van der Waals surface area contributed by atoms with Gasteiger partial charge in [-0.2, -0.15) is 5.10 Å². The quantitative estimate of drug-likeness (QED) is 0.720. The number of aryl methyl sites for hydroxylation is 3. The highest BCUT2D eigenvalue weighted by Crippen LogP contribution is 2.26. The zero-order valence-corrected chi connectivity index (χ0v) is 12.2. The van der Waals surface area contributed by atoms with Crippen LogP contribution in [-0.2, 0) is 12.8 Å². The molecule has 0 N–H and O–H groups in total. The second-order valence-corrected chi connectivity index (χ2v) is 5.05. The molecular weight excluding hydrogens is 246 g/mol. The fourth-order valence-electron chi connectivity index (χ4n) is 2.62. The third-order valence-electron chi connectivity index (χ3n) is 3.73. The minimum absolute atomic E-state index is 0.960. The fraction of sp³-hybridized carbons (Fsp3) is 0.294. The summed E-state index contributed by atoms with van der Waals surface area (Å²) in [7, 11) is 0. The Kier molecular flexibility index (Phi) is 3.26. The molecule has 0 aliphatic rings. The first-order chi connectivity index (χ1) is 9.74. The standard InChI is InChI=1S/C17H19N3/c1-4-13-11-14(5-2)20(19-13)17-12(3)8-9-16-15(17)7-6-10-18-16/h6-11H,4-5H2,1-3H3. The van der Waals surface area contributed by atoms with Crippen LogP contribution in [0.3, 0.4) is 0 Å². The lowest BCUT2D eigenvalue weighted by molar-refractivity contribution is 0.794. The summed E-state index contributed by atoms with van der Waals surface area (Å²) in [5, 5.41) is 5.93. The van der Waals surface area contributed by atoms with Crippen LogP contribution in [0.5, 0.6) is 0 Å². The Hall–Kier alpha value is -2.16. The van der Waals surface area contributed by atoms with E-state index in [1.807, 2.05) is 12.3 Å². The second kappa shape index (κ2) is 5.08. The summed E-state index contributed by atoms with van der Waals surface area (Å²) < 4.78 is 2.10. The Morgan fingerprint density at radius 3 is 2.70 bits per heavy atom. The van der Waals surface area contributed by atoms with Crippen molar-refractivity contribution in [2.45, 2.75) is 33.6 Å². The highest BCUT2D eigenvalue weighted by atomic mass is 15.3. The minimum atomic E-state index is 0.960. The molecule has 0 saturated heterocycles. The fourth-order valence-corrected chi connectivity index (χ4v) is 2.62. The lowest BCUT2D eigenvalue weighted by Crippen LogP contribution is -2.05. The van der Waals surface area contributed by atoms with Crippen molar-refractivity contribution in [2.24, 2.45) is 0 Å². The van der Waals surface area contributed by atoms with E-state index in [0.29, 0.717) is 0 Å². The lowest BCUT2D eigenvalue weighted by atomic mass is 10.1. The Bertz CT molecular complexity index is 756. The molecule has 0 spiro atoms. The van der Waals surface area contributed by atoms with Gasteiger partial charge in [0.25, 0.3) is 0 Å². The molecule has 0 fully saturated rings. The van der Waals surface area contributed by atoms with Crippen molar-refractivity contribution in [1.82, 2.24) is 14.8 Å². The van der Waals surface area contributed by atoms with Crippen LogP contribution in [0.4, 0.5) is 0 Å². The molecule has 3 nitrogen and oxygen atoms in total. The molecule has 3 rings (SSSR count).